The lowest BCUT2D eigenvalue weighted by molar-refractivity contribution is -0.136. The van der Waals surface area contributed by atoms with Gasteiger partial charge in [-0.25, -0.2) is 4.79 Å². The molecule has 5 nitrogen and oxygen atoms in total. The Morgan fingerprint density at radius 1 is 1.19 bits per heavy atom. The van der Waals surface area contributed by atoms with Gasteiger partial charge < -0.3 is 14.8 Å². The highest BCUT2D eigenvalue weighted by Crippen LogP contribution is 2.43. The van der Waals surface area contributed by atoms with Gasteiger partial charge in [0.25, 0.3) is 0 Å². The number of esters is 1. The number of ketones is 1. The average molecular weight is 371 g/mol. The molecule has 1 unspecified atom stereocenters. The molecule has 0 aliphatic carbocycles. The summed E-state index contributed by atoms with van der Waals surface area (Å²) in [6.45, 7) is 3.60. The molecule has 1 aromatic heterocycles. The number of thiophene rings is 1. The highest BCUT2D eigenvalue weighted by Gasteiger charge is 2.37. The third-order valence-corrected chi connectivity index (χ3v) is 5.52. The van der Waals surface area contributed by atoms with Crippen molar-refractivity contribution in [1.82, 2.24) is 5.32 Å². The molecule has 26 heavy (non-hydrogen) atoms. The Hall–Kier alpha value is -2.44. The number of benzene rings is 1. The molecule has 1 atom stereocenters. The van der Waals surface area contributed by atoms with Gasteiger partial charge in [-0.05, 0) is 36.2 Å². The fourth-order valence-electron chi connectivity index (χ4n) is 3.48. The van der Waals surface area contributed by atoms with Crippen LogP contribution in [0.2, 0.25) is 0 Å². The van der Waals surface area contributed by atoms with Gasteiger partial charge in [0.1, 0.15) is 0 Å². The molecule has 0 fully saturated rings. The van der Waals surface area contributed by atoms with Gasteiger partial charge in [0, 0.05) is 34.7 Å². The number of hydrogen-bond acceptors (Lipinski definition) is 6. The molecule has 2 aromatic rings. The van der Waals surface area contributed by atoms with Crippen LogP contribution in [0.4, 0.5) is 0 Å². The molecule has 3 rings (SSSR count). The molecule has 0 spiro atoms. The Bertz CT molecular complexity index is 938. The topological polar surface area (TPSA) is 64.6 Å². The standard InChI is InChI=1S/C20H21NO4S/c1-11-17(20(23)25-4)19(18(12(2)22)15(21-11)9-24-3)14-10-26-16-8-6-5-7-13(14)16/h5-8,10,19,21H,9H2,1-4H3. The van der Waals surface area contributed by atoms with Crippen molar-refractivity contribution >= 4 is 33.2 Å². The van der Waals surface area contributed by atoms with E-state index in [1.165, 1.54) is 14.0 Å². The summed E-state index contributed by atoms with van der Waals surface area (Å²) in [7, 11) is 2.93. The number of hydrogen-bond donors (Lipinski definition) is 1. The van der Waals surface area contributed by atoms with Gasteiger partial charge >= 0.3 is 5.97 Å². The molecule has 136 valence electrons. The number of carbonyl (C=O) groups is 2. The van der Waals surface area contributed by atoms with Crippen molar-refractivity contribution in [2.75, 3.05) is 20.8 Å². The van der Waals surface area contributed by atoms with Crippen LogP contribution in [0.3, 0.4) is 0 Å². The molecule has 6 heteroatoms. The molecule has 2 heterocycles. The maximum atomic E-state index is 12.6. The number of nitrogens with one attached hydrogen (secondary N) is 1. The number of ether oxygens (including phenoxy) is 2. The lowest BCUT2D eigenvalue weighted by Crippen LogP contribution is -2.33. The summed E-state index contributed by atoms with van der Waals surface area (Å²) in [6, 6.07) is 7.99. The summed E-state index contributed by atoms with van der Waals surface area (Å²) in [5.41, 5.74) is 3.30. The van der Waals surface area contributed by atoms with Crippen LogP contribution in [-0.2, 0) is 19.1 Å². The van der Waals surface area contributed by atoms with Crippen LogP contribution < -0.4 is 5.32 Å². The van der Waals surface area contributed by atoms with Crippen LogP contribution >= 0.6 is 11.3 Å². The number of methoxy groups -OCH3 is 2. The molecule has 1 aliphatic heterocycles. The van der Waals surface area contributed by atoms with Crippen molar-refractivity contribution in [3.8, 4) is 0 Å². The SMILES string of the molecule is COCC1=C(C(C)=O)C(c2csc3ccccc23)C(C(=O)OC)=C(C)N1. The van der Waals surface area contributed by atoms with Gasteiger partial charge in [0.15, 0.2) is 5.78 Å². The summed E-state index contributed by atoms with van der Waals surface area (Å²) in [5.74, 6) is -1.02. The van der Waals surface area contributed by atoms with Gasteiger partial charge in [-0.3, -0.25) is 4.79 Å². The quantitative estimate of drug-likeness (QED) is 0.815. The molecule has 0 saturated heterocycles. The summed E-state index contributed by atoms with van der Waals surface area (Å²) >= 11 is 1.60. The first-order chi connectivity index (χ1) is 12.5. The predicted octanol–water partition coefficient (Wildman–Crippen LogP) is 3.52. The lowest BCUT2D eigenvalue weighted by atomic mass is 9.79. The second kappa shape index (κ2) is 7.43. The number of carbonyl (C=O) groups excluding carboxylic acids is 2. The normalized spacial score (nSPS) is 17.5. The van der Waals surface area contributed by atoms with Crippen molar-refractivity contribution in [1.29, 1.82) is 0 Å². The first-order valence-electron chi connectivity index (χ1n) is 8.24. The maximum absolute atomic E-state index is 12.6. The van der Waals surface area contributed by atoms with Gasteiger partial charge in [-0.1, -0.05) is 18.2 Å². The number of fused-ring (bicyclic) bond motifs is 1. The van der Waals surface area contributed by atoms with E-state index in [0.717, 1.165) is 15.6 Å². The summed E-state index contributed by atoms with van der Waals surface area (Å²) in [6.07, 6.45) is 0. The first-order valence-corrected chi connectivity index (χ1v) is 9.12. The molecule has 0 amide bonds. The van der Waals surface area contributed by atoms with Crippen molar-refractivity contribution in [2.24, 2.45) is 0 Å². The minimum absolute atomic E-state index is 0.0984. The van der Waals surface area contributed by atoms with E-state index >= 15 is 0 Å². The van der Waals surface area contributed by atoms with E-state index in [2.05, 4.69) is 5.32 Å². The van der Waals surface area contributed by atoms with Gasteiger partial charge in [0.2, 0.25) is 0 Å². The van der Waals surface area contributed by atoms with Gasteiger partial charge in [-0.15, -0.1) is 11.3 Å². The van der Waals surface area contributed by atoms with Crippen molar-refractivity contribution < 1.29 is 19.1 Å². The Kier molecular flexibility index (Phi) is 5.25. The third-order valence-electron chi connectivity index (χ3n) is 4.54. The zero-order valence-electron chi connectivity index (χ0n) is 15.2. The zero-order chi connectivity index (χ0) is 18.8. The van der Waals surface area contributed by atoms with Crippen LogP contribution in [0.25, 0.3) is 10.1 Å². The van der Waals surface area contributed by atoms with E-state index in [0.29, 0.717) is 22.5 Å². The van der Waals surface area contributed by atoms with Crippen LogP contribution in [0, 0.1) is 0 Å². The van der Waals surface area contributed by atoms with E-state index in [9.17, 15) is 9.59 Å². The van der Waals surface area contributed by atoms with E-state index in [4.69, 9.17) is 9.47 Å². The third kappa shape index (κ3) is 3.06. The summed E-state index contributed by atoms with van der Waals surface area (Å²) in [5, 5.41) is 6.22. The Balaban J connectivity index is 2.30. The fraction of sp³-hybridized carbons (Fsp3) is 0.300. The Morgan fingerprint density at radius 2 is 1.92 bits per heavy atom. The molecule has 0 bridgehead atoms. The highest BCUT2D eigenvalue weighted by molar-refractivity contribution is 7.17. The minimum Gasteiger partial charge on any atom is -0.466 e. The van der Waals surface area contributed by atoms with E-state index in [1.54, 1.807) is 18.4 Å². The summed E-state index contributed by atoms with van der Waals surface area (Å²) in [4.78, 5) is 25.1. The van der Waals surface area contributed by atoms with Gasteiger partial charge in [-0.2, -0.15) is 0 Å². The van der Waals surface area contributed by atoms with Crippen molar-refractivity contribution in [3.05, 3.63) is 57.7 Å². The Morgan fingerprint density at radius 3 is 2.58 bits per heavy atom. The lowest BCUT2D eigenvalue weighted by Gasteiger charge is -2.31. The maximum Gasteiger partial charge on any atom is 0.336 e. The van der Waals surface area contributed by atoms with Crippen molar-refractivity contribution in [2.45, 2.75) is 19.8 Å². The minimum atomic E-state index is -0.484. The van der Waals surface area contributed by atoms with E-state index in [1.807, 2.05) is 36.6 Å². The molecular formula is C20H21NO4S. The monoisotopic (exact) mass is 371 g/mol. The predicted molar refractivity (Wildman–Crippen MR) is 102 cm³/mol. The van der Waals surface area contributed by atoms with Crippen LogP contribution in [0.5, 0.6) is 0 Å². The van der Waals surface area contributed by atoms with Gasteiger partial charge in [0.05, 0.1) is 19.3 Å². The molecule has 1 aromatic carbocycles. The summed E-state index contributed by atoms with van der Waals surface area (Å²) < 4.78 is 11.4. The van der Waals surface area contributed by atoms with Crippen LogP contribution in [-0.4, -0.2) is 32.6 Å². The second-order valence-corrected chi connectivity index (χ2v) is 7.07. The molecule has 0 saturated carbocycles. The number of allylic oxidation sites excluding steroid dienone is 2. The zero-order valence-corrected chi connectivity index (χ0v) is 16.0. The number of rotatable bonds is 5. The van der Waals surface area contributed by atoms with E-state index < -0.39 is 11.9 Å². The van der Waals surface area contributed by atoms with E-state index in [-0.39, 0.29) is 12.4 Å². The van der Waals surface area contributed by atoms with Crippen LogP contribution in [0.1, 0.15) is 25.3 Å². The molecule has 1 N–H and O–H groups in total. The molecular weight excluding hydrogens is 350 g/mol. The van der Waals surface area contributed by atoms with Crippen LogP contribution in [0.15, 0.2) is 52.2 Å². The molecule has 1 aliphatic rings. The second-order valence-electron chi connectivity index (χ2n) is 6.16. The smallest absolute Gasteiger partial charge is 0.336 e. The van der Waals surface area contributed by atoms with Crippen molar-refractivity contribution in [3.63, 3.8) is 0 Å². The number of Topliss-reactive ketones (excluding diaryl/α,β-unsaturated/α-hetero) is 1. The Labute approximate surface area is 156 Å². The fourth-order valence-corrected chi connectivity index (χ4v) is 4.47. The highest BCUT2D eigenvalue weighted by atomic mass is 32.1. The molecule has 0 radical (unpaired) electrons. The first kappa shape index (κ1) is 18.4. The average Bonchev–Trinajstić information content (AvgIpc) is 3.04. The number of dihydropyridines is 1. The largest absolute Gasteiger partial charge is 0.466 e.